The van der Waals surface area contributed by atoms with Gasteiger partial charge in [0.25, 0.3) is 0 Å². The quantitative estimate of drug-likeness (QED) is 0.724. The molecular weight excluding hydrogens is 216 g/mol. The van der Waals surface area contributed by atoms with Crippen LogP contribution in [0.2, 0.25) is 0 Å². The van der Waals surface area contributed by atoms with Crippen molar-refractivity contribution in [2.75, 3.05) is 32.8 Å². The molecule has 2 rings (SSSR count). The molecule has 0 aromatic heterocycles. The van der Waals surface area contributed by atoms with Crippen LogP contribution in [0.3, 0.4) is 0 Å². The van der Waals surface area contributed by atoms with Crippen LogP contribution in [0, 0.1) is 0 Å². The number of aliphatic hydroxyl groups is 1. The second-order valence-electron chi connectivity index (χ2n) is 4.43. The smallest absolute Gasteiger partial charge is 0.115 e. The molecule has 1 aromatic carbocycles. The molecule has 4 heteroatoms. The van der Waals surface area contributed by atoms with Crippen molar-refractivity contribution in [3.8, 4) is 5.75 Å². The molecule has 1 fully saturated rings. The largest absolute Gasteiger partial charge is 0.508 e. The van der Waals surface area contributed by atoms with Crippen molar-refractivity contribution >= 4 is 0 Å². The van der Waals surface area contributed by atoms with Crippen molar-refractivity contribution in [1.29, 1.82) is 0 Å². The van der Waals surface area contributed by atoms with Crippen LogP contribution in [-0.2, 0) is 0 Å². The van der Waals surface area contributed by atoms with Gasteiger partial charge in [-0.2, -0.15) is 0 Å². The fourth-order valence-corrected chi connectivity index (χ4v) is 2.34. The van der Waals surface area contributed by atoms with Gasteiger partial charge < -0.3 is 15.5 Å². The molecule has 0 amide bonds. The molecule has 0 spiro atoms. The van der Waals surface area contributed by atoms with Crippen LogP contribution in [-0.4, -0.2) is 47.9 Å². The summed E-state index contributed by atoms with van der Waals surface area (Å²) < 4.78 is 0. The number of hydrogen-bond donors (Lipinski definition) is 3. The predicted octanol–water partition coefficient (Wildman–Crippen LogP) is 0.721. The maximum Gasteiger partial charge on any atom is 0.115 e. The molecule has 1 heterocycles. The van der Waals surface area contributed by atoms with Crippen LogP contribution < -0.4 is 5.32 Å². The topological polar surface area (TPSA) is 55.7 Å². The van der Waals surface area contributed by atoms with Crippen molar-refractivity contribution in [2.24, 2.45) is 0 Å². The SMILES string of the molecule is OCC(c1cccc(O)c1)N1CCCNCC1. The van der Waals surface area contributed by atoms with E-state index in [0.717, 1.165) is 38.2 Å². The average molecular weight is 236 g/mol. The van der Waals surface area contributed by atoms with E-state index >= 15 is 0 Å². The molecule has 1 unspecified atom stereocenters. The number of aromatic hydroxyl groups is 1. The number of hydrogen-bond acceptors (Lipinski definition) is 4. The van der Waals surface area contributed by atoms with Crippen molar-refractivity contribution in [3.05, 3.63) is 29.8 Å². The molecule has 3 N–H and O–H groups in total. The van der Waals surface area contributed by atoms with Gasteiger partial charge in [-0.05, 0) is 30.7 Å². The van der Waals surface area contributed by atoms with E-state index in [9.17, 15) is 10.2 Å². The highest BCUT2D eigenvalue weighted by Gasteiger charge is 2.20. The summed E-state index contributed by atoms with van der Waals surface area (Å²) in [6.07, 6.45) is 1.09. The van der Waals surface area contributed by atoms with Crippen molar-refractivity contribution in [3.63, 3.8) is 0 Å². The number of aliphatic hydroxyl groups excluding tert-OH is 1. The highest BCUT2D eigenvalue weighted by atomic mass is 16.3. The zero-order valence-corrected chi connectivity index (χ0v) is 9.97. The van der Waals surface area contributed by atoms with Gasteiger partial charge in [0.05, 0.1) is 12.6 Å². The lowest BCUT2D eigenvalue weighted by atomic mass is 10.1. The number of phenolic OH excluding ortho intramolecular Hbond substituents is 1. The minimum absolute atomic E-state index is 0.0120. The standard InChI is InChI=1S/C13H20N2O2/c16-10-13(11-3-1-4-12(17)9-11)15-7-2-5-14-6-8-15/h1,3-4,9,13-14,16-17H,2,5-8,10H2. The molecule has 94 valence electrons. The minimum Gasteiger partial charge on any atom is -0.508 e. The van der Waals surface area contributed by atoms with Crippen molar-refractivity contribution < 1.29 is 10.2 Å². The molecule has 0 radical (unpaired) electrons. The predicted molar refractivity (Wildman–Crippen MR) is 67.0 cm³/mol. The molecule has 0 aliphatic carbocycles. The minimum atomic E-state index is -0.0120. The van der Waals surface area contributed by atoms with Crippen molar-refractivity contribution in [2.45, 2.75) is 12.5 Å². The second kappa shape index (κ2) is 6.00. The Morgan fingerprint density at radius 2 is 2.18 bits per heavy atom. The molecule has 0 saturated carbocycles. The van der Waals surface area contributed by atoms with Gasteiger partial charge >= 0.3 is 0 Å². The number of phenols is 1. The summed E-state index contributed by atoms with van der Waals surface area (Å²) in [5.74, 6) is 0.258. The molecule has 1 aromatic rings. The van der Waals surface area contributed by atoms with Crippen LogP contribution in [0.1, 0.15) is 18.0 Å². The van der Waals surface area contributed by atoms with E-state index in [1.54, 1.807) is 12.1 Å². The Morgan fingerprint density at radius 3 is 2.94 bits per heavy atom. The average Bonchev–Trinajstić information content (AvgIpc) is 2.59. The molecular formula is C13H20N2O2. The Labute approximate surface area is 102 Å². The third kappa shape index (κ3) is 3.19. The molecule has 1 aliphatic heterocycles. The Kier molecular flexibility index (Phi) is 4.36. The molecule has 17 heavy (non-hydrogen) atoms. The van der Waals surface area contributed by atoms with E-state index in [2.05, 4.69) is 10.2 Å². The first-order chi connectivity index (χ1) is 8.31. The van der Waals surface area contributed by atoms with Gasteiger partial charge in [-0.15, -0.1) is 0 Å². The number of nitrogens with one attached hydrogen (secondary N) is 1. The van der Waals surface area contributed by atoms with Gasteiger partial charge in [0, 0.05) is 19.6 Å². The van der Waals surface area contributed by atoms with E-state index < -0.39 is 0 Å². The van der Waals surface area contributed by atoms with Gasteiger partial charge in [0.2, 0.25) is 0 Å². The molecule has 4 nitrogen and oxygen atoms in total. The van der Waals surface area contributed by atoms with Crippen LogP contribution >= 0.6 is 0 Å². The van der Waals surface area contributed by atoms with Gasteiger partial charge in [-0.1, -0.05) is 12.1 Å². The maximum absolute atomic E-state index is 9.57. The lowest BCUT2D eigenvalue weighted by molar-refractivity contribution is 0.129. The summed E-state index contributed by atoms with van der Waals surface area (Å²) >= 11 is 0. The maximum atomic E-state index is 9.57. The lowest BCUT2D eigenvalue weighted by Crippen LogP contribution is -2.34. The number of nitrogens with zero attached hydrogens (tertiary/aromatic N) is 1. The molecule has 1 aliphatic rings. The number of rotatable bonds is 3. The summed E-state index contributed by atoms with van der Waals surface area (Å²) in [4.78, 5) is 2.27. The molecule has 1 atom stereocenters. The second-order valence-corrected chi connectivity index (χ2v) is 4.43. The van der Waals surface area contributed by atoms with Crippen LogP contribution in [0.5, 0.6) is 5.75 Å². The van der Waals surface area contributed by atoms with E-state index in [4.69, 9.17) is 0 Å². The van der Waals surface area contributed by atoms with Crippen LogP contribution in [0.15, 0.2) is 24.3 Å². The Hall–Kier alpha value is -1.10. The first-order valence-electron chi connectivity index (χ1n) is 6.16. The highest BCUT2D eigenvalue weighted by molar-refractivity contribution is 5.29. The Balaban J connectivity index is 2.14. The van der Waals surface area contributed by atoms with Gasteiger partial charge in [0.1, 0.15) is 5.75 Å². The fraction of sp³-hybridized carbons (Fsp3) is 0.538. The normalized spacial score (nSPS) is 19.8. The summed E-state index contributed by atoms with van der Waals surface area (Å²) in [5, 5.41) is 22.4. The summed E-state index contributed by atoms with van der Waals surface area (Å²) in [6.45, 7) is 3.99. The third-order valence-electron chi connectivity index (χ3n) is 3.24. The van der Waals surface area contributed by atoms with E-state index in [-0.39, 0.29) is 18.4 Å². The zero-order chi connectivity index (χ0) is 12.1. The van der Waals surface area contributed by atoms with Crippen LogP contribution in [0.25, 0.3) is 0 Å². The fourth-order valence-electron chi connectivity index (χ4n) is 2.34. The van der Waals surface area contributed by atoms with Gasteiger partial charge in [-0.3, -0.25) is 4.90 Å². The van der Waals surface area contributed by atoms with Gasteiger partial charge in [0.15, 0.2) is 0 Å². The first-order valence-corrected chi connectivity index (χ1v) is 6.16. The van der Waals surface area contributed by atoms with E-state index in [1.807, 2.05) is 12.1 Å². The summed E-state index contributed by atoms with van der Waals surface area (Å²) in [6, 6.07) is 7.16. The third-order valence-corrected chi connectivity index (χ3v) is 3.24. The monoisotopic (exact) mass is 236 g/mol. The van der Waals surface area contributed by atoms with Crippen molar-refractivity contribution in [1.82, 2.24) is 10.2 Å². The summed E-state index contributed by atoms with van der Waals surface area (Å²) in [7, 11) is 0. The Bertz CT molecular complexity index is 349. The van der Waals surface area contributed by atoms with Gasteiger partial charge in [-0.25, -0.2) is 0 Å². The first kappa shape index (κ1) is 12.4. The lowest BCUT2D eigenvalue weighted by Gasteiger charge is -2.29. The number of benzene rings is 1. The van der Waals surface area contributed by atoms with E-state index in [0.29, 0.717) is 0 Å². The molecule has 0 bridgehead atoms. The van der Waals surface area contributed by atoms with Crippen LogP contribution in [0.4, 0.5) is 0 Å². The summed E-state index contributed by atoms with van der Waals surface area (Å²) in [5.41, 5.74) is 0.981. The molecule has 1 saturated heterocycles. The van der Waals surface area contributed by atoms with E-state index in [1.165, 1.54) is 0 Å². The zero-order valence-electron chi connectivity index (χ0n) is 9.97. The highest BCUT2D eigenvalue weighted by Crippen LogP contribution is 2.23. The Morgan fingerprint density at radius 1 is 1.29 bits per heavy atom.